The molecule has 0 N–H and O–H groups in total. The van der Waals surface area contributed by atoms with Gasteiger partial charge in [0.1, 0.15) is 0 Å². The third-order valence-corrected chi connectivity index (χ3v) is 4.05. The fourth-order valence-corrected chi connectivity index (χ4v) is 2.86. The van der Waals surface area contributed by atoms with E-state index in [1.54, 1.807) is 11.1 Å². The van der Waals surface area contributed by atoms with Gasteiger partial charge in [0.2, 0.25) is 0 Å². The first-order chi connectivity index (χ1) is 10.3. The van der Waals surface area contributed by atoms with Crippen LogP contribution in [-0.2, 0) is 0 Å². The van der Waals surface area contributed by atoms with Crippen molar-refractivity contribution >= 4 is 5.57 Å². The minimum absolute atomic E-state index is 1.04. The maximum absolute atomic E-state index is 3.97. The minimum Gasteiger partial charge on any atom is -0.103 e. The van der Waals surface area contributed by atoms with E-state index in [4.69, 9.17) is 0 Å². The molecule has 0 aliphatic heterocycles. The van der Waals surface area contributed by atoms with Gasteiger partial charge in [-0.2, -0.15) is 0 Å². The van der Waals surface area contributed by atoms with Crippen molar-refractivity contribution in [3.8, 4) is 0 Å². The summed E-state index contributed by atoms with van der Waals surface area (Å²) in [4.78, 5) is 0. The molecule has 0 aromatic heterocycles. The van der Waals surface area contributed by atoms with E-state index in [0.29, 0.717) is 0 Å². The molecule has 0 atom stereocenters. The molecule has 0 amide bonds. The average molecular weight is 284 g/mol. The van der Waals surface area contributed by atoms with E-state index in [-0.39, 0.29) is 0 Å². The summed E-state index contributed by atoms with van der Waals surface area (Å²) >= 11 is 0. The zero-order chi connectivity index (χ0) is 15.3. The highest BCUT2D eigenvalue weighted by atomic mass is 14.1. The van der Waals surface area contributed by atoms with Gasteiger partial charge in [0.25, 0.3) is 0 Å². The summed E-state index contributed by atoms with van der Waals surface area (Å²) in [5.41, 5.74) is 4.61. The molecule has 0 heteroatoms. The smallest absolute Gasteiger partial charge is 0.0135 e. The minimum atomic E-state index is 1.04. The first-order valence-corrected chi connectivity index (χ1v) is 8.70. The first kappa shape index (κ1) is 17.8. The Morgan fingerprint density at radius 1 is 0.905 bits per heavy atom. The Morgan fingerprint density at radius 2 is 1.52 bits per heavy atom. The van der Waals surface area contributed by atoms with Crippen LogP contribution in [0.5, 0.6) is 0 Å². The van der Waals surface area contributed by atoms with Gasteiger partial charge in [-0.15, -0.1) is 6.58 Å². The Kier molecular flexibility index (Phi) is 9.61. The molecular formula is C21H32. The van der Waals surface area contributed by atoms with Crippen LogP contribution in [0.1, 0.15) is 77.2 Å². The van der Waals surface area contributed by atoms with Crippen molar-refractivity contribution in [1.82, 2.24) is 0 Å². The van der Waals surface area contributed by atoms with Crippen molar-refractivity contribution in [3.63, 3.8) is 0 Å². The molecule has 0 spiro atoms. The molecule has 1 aromatic carbocycles. The Bertz CT molecular complexity index is 411. The predicted molar refractivity (Wildman–Crippen MR) is 96.5 cm³/mol. The van der Waals surface area contributed by atoms with Gasteiger partial charge < -0.3 is 0 Å². The van der Waals surface area contributed by atoms with Crippen molar-refractivity contribution in [1.29, 1.82) is 0 Å². The normalized spacial score (nSPS) is 12.1. The quantitative estimate of drug-likeness (QED) is 0.298. The molecule has 0 radical (unpaired) electrons. The Hall–Kier alpha value is -1.30. The monoisotopic (exact) mass is 284 g/mol. The van der Waals surface area contributed by atoms with Gasteiger partial charge in [0, 0.05) is 0 Å². The molecule has 0 bridgehead atoms. The molecule has 1 aromatic rings. The molecule has 0 saturated carbocycles. The summed E-state index contributed by atoms with van der Waals surface area (Å²) in [6.45, 7) is 8.52. The fraction of sp³-hybridized carbons (Fsp3) is 0.524. The molecule has 21 heavy (non-hydrogen) atoms. The number of hydrogen-bond donors (Lipinski definition) is 0. The fourth-order valence-electron chi connectivity index (χ4n) is 2.86. The highest BCUT2D eigenvalue weighted by molar-refractivity contribution is 5.69. The summed E-state index contributed by atoms with van der Waals surface area (Å²) in [6, 6.07) is 11.0. The van der Waals surface area contributed by atoms with E-state index in [1.165, 1.54) is 56.9 Å². The maximum Gasteiger partial charge on any atom is -0.0135 e. The standard InChI is InChI=1S/C21H32/c1-4-7-10-15-19(14-6-3)21(18-11-8-5-2)20-16-12-9-13-17-20/h6,9,12-13,16-17H,3-5,7-8,10-11,14-15,18H2,1-2H3/b21-19+. The third kappa shape index (κ3) is 6.80. The first-order valence-electron chi connectivity index (χ1n) is 8.70. The highest BCUT2D eigenvalue weighted by Gasteiger charge is 2.08. The number of allylic oxidation sites excluding steroid dienone is 3. The van der Waals surface area contributed by atoms with Crippen molar-refractivity contribution in [3.05, 3.63) is 54.1 Å². The molecule has 0 aliphatic carbocycles. The molecule has 0 fully saturated rings. The molecule has 0 saturated heterocycles. The number of benzene rings is 1. The average Bonchev–Trinajstić information content (AvgIpc) is 2.52. The third-order valence-electron chi connectivity index (χ3n) is 4.05. The van der Waals surface area contributed by atoms with E-state index in [2.05, 4.69) is 56.8 Å². The zero-order valence-electron chi connectivity index (χ0n) is 14.0. The van der Waals surface area contributed by atoms with Gasteiger partial charge in [-0.1, -0.05) is 81.5 Å². The van der Waals surface area contributed by atoms with Crippen molar-refractivity contribution in [2.75, 3.05) is 0 Å². The van der Waals surface area contributed by atoms with Crippen LogP contribution in [0.25, 0.3) is 5.57 Å². The largest absolute Gasteiger partial charge is 0.103 e. The second-order valence-corrected chi connectivity index (χ2v) is 5.86. The Balaban J connectivity index is 2.95. The van der Waals surface area contributed by atoms with Crippen molar-refractivity contribution in [2.24, 2.45) is 0 Å². The zero-order valence-corrected chi connectivity index (χ0v) is 14.0. The van der Waals surface area contributed by atoms with Crippen LogP contribution in [0, 0.1) is 0 Å². The molecule has 116 valence electrons. The summed E-state index contributed by atoms with van der Waals surface area (Å²) in [5.74, 6) is 0. The SMILES string of the molecule is C=CC/C(CCCCC)=C(/CCCCC)c1ccccc1. The summed E-state index contributed by atoms with van der Waals surface area (Å²) in [7, 11) is 0. The lowest BCUT2D eigenvalue weighted by molar-refractivity contribution is 0.699. The lowest BCUT2D eigenvalue weighted by Gasteiger charge is -2.15. The van der Waals surface area contributed by atoms with E-state index < -0.39 is 0 Å². The van der Waals surface area contributed by atoms with E-state index in [1.807, 2.05) is 0 Å². The molecule has 0 nitrogen and oxygen atoms in total. The van der Waals surface area contributed by atoms with Crippen LogP contribution in [0.4, 0.5) is 0 Å². The summed E-state index contributed by atoms with van der Waals surface area (Å²) < 4.78 is 0. The van der Waals surface area contributed by atoms with E-state index in [0.717, 1.165) is 6.42 Å². The molecule has 0 aliphatic rings. The Labute approximate surface area is 132 Å². The van der Waals surface area contributed by atoms with Gasteiger partial charge >= 0.3 is 0 Å². The van der Waals surface area contributed by atoms with Gasteiger partial charge in [0.05, 0.1) is 0 Å². The Morgan fingerprint density at radius 3 is 2.10 bits per heavy atom. The van der Waals surface area contributed by atoms with Crippen LogP contribution >= 0.6 is 0 Å². The number of rotatable bonds is 11. The summed E-state index contributed by atoms with van der Waals surface area (Å²) in [6.07, 6.45) is 13.4. The van der Waals surface area contributed by atoms with Gasteiger partial charge in [0.15, 0.2) is 0 Å². The van der Waals surface area contributed by atoms with Gasteiger partial charge in [-0.25, -0.2) is 0 Å². The topological polar surface area (TPSA) is 0 Å². The van der Waals surface area contributed by atoms with Crippen LogP contribution < -0.4 is 0 Å². The second-order valence-electron chi connectivity index (χ2n) is 5.86. The van der Waals surface area contributed by atoms with Gasteiger partial charge in [-0.3, -0.25) is 0 Å². The van der Waals surface area contributed by atoms with E-state index in [9.17, 15) is 0 Å². The number of hydrogen-bond acceptors (Lipinski definition) is 0. The second kappa shape index (κ2) is 11.4. The molecule has 0 unspecified atom stereocenters. The van der Waals surface area contributed by atoms with E-state index >= 15 is 0 Å². The maximum atomic E-state index is 3.97. The number of unbranched alkanes of at least 4 members (excludes halogenated alkanes) is 4. The van der Waals surface area contributed by atoms with Crippen molar-refractivity contribution in [2.45, 2.75) is 71.6 Å². The van der Waals surface area contributed by atoms with Crippen LogP contribution in [-0.4, -0.2) is 0 Å². The van der Waals surface area contributed by atoms with Crippen LogP contribution in [0.15, 0.2) is 48.6 Å². The predicted octanol–water partition coefficient (Wildman–Crippen LogP) is 7.18. The lowest BCUT2D eigenvalue weighted by Crippen LogP contribution is -1.94. The highest BCUT2D eigenvalue weighted by Crippen LogP contribution is 2.30. The lowest BCUT2D eigenvalue weighted by atomic mass is 9.90. The molecule has 1 rings (SSSR count). The van der Waals surface area contributed by atoms with Crippen LogP contribution in [0.3, 0.4) is 0 Å². The van der Waals surface area contributed by atoms with Crippen molar-refractivity contribution < 1.29 is 0 Å². The molecule has 0 heterocycles. The molecular weight excluding hydrogens is 252 g/mol. The van der Waals surface area contributed by atoms with Gasteiger partial charge in [-0.05, 0) is 43.2 Å². The summed E-state index contributed by atoms with van der Waals surface area (Å²) in [5, 5.41) is 0. The van der Waals surface area contributed by atoms with Crippen LogP contribution in [0.2, 0.25) is 0 Å².